The summed E-state index contributed by atoms with van der Waals surface area (Å²) in [7, 11) is 1.62. The average molecular weight is 325 g/mol. The molecule has 0 saturated heterocycles. The number of fused-ring (bicyclic) bond motifs is 3. The molecule has 0 aliphatic carbocycles. The van der Waals surface area contributed by atoms with Gasteiger partial charge >= 0.3 is 0 Å². The molecule has 114 valence electrons. The van der Waals surface area contributed by atoms with Crippen molar-refractivity contribution in [3.8, 4) is 17.1 Å². The second kappa shape index (κ2) is 5.21. The van der Waals surface area contributed by atoms with E-state index >= 15 is 0 Å². The molecule has 0 radical (unpaired) electrons. The zero-order chi connectivity index (χ0) is 16.0. The van der Waals surface area contributed by atoms with E-state index in [4.69, 9.17) is 16.3 Å². The molecule has 0 aliphatic heterocycles. The summed E-state index contributed by atoms with van der Waals surface area (Å²) in [6, 6.07) is 13.4. The first-order valence-electron chi connectivity index (χ1n) is 7.13. The third kappa shape index (κ3) is 2.12. The normalized spacial score (nSPS) is 11.3. The SMILES string of the molecule is COc1ccc(Cl)c(-c2nnc3c(C)nc4ccccc4n23)c1. The molecule has 0 amide bonds. The van der Waals surface area contributed by atoms with Gasteiger partial charge in [0.1, 0.15) is 5.75 Å². The lowest BCUT2D eigenvalue weighted by atomic mass is 10.2. The second-order valence-electron chi connectivity index (χ2n) is 5.21. The minimum Gasteiger partial charge on any atom is -0.497 e. The minimum atomic E-state index is 0.596. The molecule has 0 spiro atoms. The molecule has 4 aromatic rings. The summed E-state index contributed by atoms with van der Waals surface area (Å²) in [6.07, 6.45) is 0. The molecule has 2 aromatic carbocycles. The number of aryl methyl sites for hydroxylation is 1. The Balaban J connectivity index is 2.13. The smallest absolute Gasteiger partial charge is 0.183 e. The van der Waals surface area contributed by atoms with Crippen LogP contribution in [0.5, 0.6) is 5.75 Å². The Bertz CT molecular complexity index is 1040. The lowest BCUT2D eigenvalue weighted by Gasteiger charge is -2.08. The molecule has 0 unspecified atom stereocenters. The third-order valence-corrected chi connectivity index (χ3v) is 4.14. The topological polar surface area (TPSA) is 52.3 Å². The lowest BCUT2D eigenvalue weighted by Crippen LogP contribution is -1.97. The van der Waals surface area contributed by atoms with Crippen LogP contribution in [-0.4, -0.2) is 26.7 Å². The van der Waals surface area contributed by atoms with Gasteiger partial charge in [0.15, 0.2) is 11.5 Å². The van der Waals surface area contributed by atoms with Crippen molar-refractivity contribution >= 4 is 28.3 Å². The molecule has 0 atom stereocenters. The van der Waals surface area contributed by atoms with Crippen molar-refractivity contribution in [2.24, 2.45) is 0 Å². The monoisotopic (exact) mass is 324 g/mol. The molecule has 6 heteroatoms. The van der Waals surface area contributed by atoms with E-state index in [0.717, 1.165) is 33.7 Å². The van der Waals surface area contributed by atoms with Gasteiger partial charge in [0.2, 0.25) is 0 Å². The zero-order valence-electron chi connectivity index (χ0n) is 12.6. The number of ether oxygens (including phenoxy) is 1. The lowest BCUT2D eigenvalue weighted by molar-refractivity contribution is 0.415. The van der Waals surface area contributed by atoms with Crippen LogP contribution in [0.1, 0.15) is 5.69 Å². The number of hydrogen-bond donors (Lipinski definition) is 0. The third-order valence-electron chi connectivity index (χ3n) is 3.81. The number of aromatic nitrogens is 4. The second-order valence-corrected chi connectivity index (χ2v) is 5.62. The molecule has 23 heavy (non-hydrogen) atoms. The Kier molecular flexibility index (Phi) is 3.16. The highest BCUT2D eigenvalue weighted by atomic mass is 35.5. The molecule has 4 rings (SSSR count). The Morgan fingerprint density at radius 3 is 2.74 bits per heavy atom. The van der Waals surface area contributed by atoms with E-state index in [9.17, 15) is 0 Å². The predicted molar refractivity (Wildman–Crippen MR) is 90.0 cm³/mol. The maximum atomic E-state index is 6.38. The van der Waals surface area contributed by atoms with Gasteiger partial charge in [-0.15, -0.1) is 10.2 Å². The number of benzene rings is 2. The highest BCUT2D eigenvalue weighted by Gasteiger charge is 2.16. The summed E-state index contributed by atoms with van der Waals surface area (Å²) in [5.74, 6) is 1.39. The molecule has 5 nitrogen and oxygen atoms in total. The number of hydrogen-bond acceptors (Lipinski definition) is 4. The van der Waals surface area contributed by atoms with Gasteiger partial charge in [0.05, 0.1) is 28.9 Å². The first kappa shape index (κ1) is 14.0. The summed E-state index contributed by atoms with van der Waals surface area (Å²) >= 11 is 6.38. The van der Waals surface area contributed by atoms with Crippen molar-refractivity contribution in [2.45, 2.75) is 6.92 Å². The van der Waals surface area contributed by atoms with Crippen molar-refractivity contribution in [3.05, 3.63) is 53.2 Å². The molecular formula is C17H13ClN4O. The Morgan fingerprint density at radius 2 is 1.91 bits per heavy atom. The van der Waals surface area contributed by atoms with Crippen LogP contribution in [0.3, 0.4) is 0 Å². The van der Waals surface area contributed by atoms with E-state index in [1.807, 2.05) is 47.7 Å². The van der Waals surface area contributed by atoms with Crippen LogP contribution in [0.25, 0.3) is 28.1 Å². The molecular weight excluding hydrogens is 312 g/mol. The van der Waals surface area contributed by atoms with Crippen molar-refractivity contribution in [2.75, 3.05) is 7.11 Å². The van der Waals surface area contributed by atoms with Crippen molar-refractivity contribution in [1.29, 1.82) is 0 Å². The van der Waals surface area contributed by atoms with Gasteiger partial charge in [-0.05, 0) is 37.3 Å². The maximum absolute atomic E-state index is 6.38. The molecule has 0 N–H and O–H groups in total. The average Bonchev–Trinajstić information content (AvgIpc) is 3.01. The Morgan fingerprint density at radius 1 is 1.09 bits per heavy atom. The van der Waals surface area contributed by atoms with Crippen molar-refractivity contribution in [3.63, 3.8) is 0 Å². The van der Waals surface area contributed by atoms with Gasteiger partial charge < -0.3 is 4.74 Å². The number of rotatable bonds is 2. The fraction of sp³-hybridized carbons (Fsp3) is 0.118. The first-order chi connectivity index (χ1) is 11.2. The van der Waals surface area contributed by atoms with Crippen LogP contribution in [0, 0.1) is 6.92 Å². The van der Waals surface area contributed by atoms with Crippen LogP contribution in [0.2, 0.25) is 5.02 Å². The highest BCUT2D eigenvalue weighted by Crippen LogP contribution is 2.32. The van der Waals surface area contributed by atoms with Crippen LogP contribution in [0.15, 0.2) is 42.5 Å². The standard InChI is InChI=1S/C17H13ClN4O/c1-10-16-20-21-17(12-9-11(23-2)7-8-13(12)18)22(16)15-6-4-3-5-14(15)19-10/h3-9H,1-2H3. The van der Waals surface area contributed by atoms with Gasteiger partial charge in [-0.25, -0.2) is 4.98 Å². The minimum absolute atomic E-state index is 0.596. The van der Waals surface area contributed by atoms with Crippen LogP contribution in [0.4, 0.5) is 0 Å². The summed E-state index contributed by atoms with van der Waals surface area (Å²) in [4.78, 5) is 4.59. The first-order valence-corrected chi connectivity index (χ1v) is 7.51. The van der Waals surface area contributed by atoms with Crippen molar-refractivity contribution < 1.29 is 4.74 Å². The quantitative estimate of drug-likeness (QED) is 0.561. The molecule has 0 fully saturated rings. The van der Waals surface area contributed by atoms with Crippen LogP contribution in [-0.2, 0) is 0 Å². The molecule has 2 aromatic heterocycles. The summed E-state index contributed by atoms with van der Waals surface area (Å²) in [5.41, 5.74) is 4.14. The van der Waals surface area contributed by atoms with E-state index in [1.165, 1.54) is 0 Å². The van der Waals surface area contributed by atoms with E-state index in [-0.39, 0.29) is 0 Å². The molecule has 2 heterocycles. The Labute approximate surface area is 137 Å². The van der Waals surface area contributed by atoms with Gasteiger partial charge in [-0.3, -0.25) is 4.40 Å². The number of para-hydroxylation sites is 2. The fourth-order valence-corrected chi connectivity index (χ4v) is 2.90. The van der Waals surface area contributed by atoms with Gasteiger partial charge in [-0.1, -0.05) is 23.7 Å². The van der Waals surface area contributed by atoms with Gasteiger partial charge in [-0.2, -0.15) is 0 Å². The number of methoxy groups -OCH3 is 1. The predicted octanol–water partition coefficient (Wildman–Crippen LogP) is 3.91. The van der Waals surface area contributed by atoms with E-state index in [0.29, 0.717) is 10.8 Å². The van der Waals surface area contributed by atoms with Crippen molar-refractivity contribution in [1.82, 2.24) is 19.6 Å². The molecule has 0 aliphatic rings. The maximum Gasteiger partial charge on any atom is 0.183 e. The van der Waals surface area contributed by atoms with Crippen LogP contribution >= 0.6 is 11.6 Å². The summed E-state index contributed by atoms with van der Waals surface area (Å²) in [6.45, 7) is 1.92. The zero-order valence-corrected chi connectivity index (χ0v) is 13.4. The van der Waals surface area contributed by atoms with Gasteiger partial charge in [0.25, 0.3) is 0 Å². The van der Waals surface area contributed by atoms with E-state index < -0.39 is 0 Å². The van der Waals surface area contributed by atoms with E-state index in [2.05, 4.69) is 15.2 Å². The fourth-order valence-electron chi connectivity index (χ4n) is 2.70. The van der Waals surface area contributed by atoms with Gasteiger partial charge in [0, 0.05) is 5.56 Å². The number of halogens is 1. The molecule has 0 bridgehead atoms. The number of nitrogens with zero attached hydrogens (tertiary/aromatic N) is 4. The Hall–Kier alpha value is -2.66. The summed E-state index contributed by atoms with van der Waals surface area (Å²) < 4.78 is 7.29. The largest absolute Gasteiger partial charge is 0.497 e. The highest BCUT2D eigenvalue weighted by molar-refractivity contribution is 6.33. The molecule has 0 saturated carbocycles. The summed E-state index contributed by atoms with van der Waals surface area (Å²) in [5, 5.41) is 9.23. The van der Waals surface area contributed by atoms with E-state index in [1.54, 1.807) is 13.2 Å². The van der Waals surface area contributed by atoms with Crippen LogP contribution < -0.4 is 4.74 Å².